The average Bonchev–Trinajstić information content (AvgIpc) is 2.71. The fourth-order valence-corrected chi connectivity index (χ4v) is 4.66. The molecule has 0 spiro atoms. The molecule has 0 saturated carbocycles. The molecule has 0 bridgehead atoms. The molecule has 0 fully saturated rings. The van der Waals surface area contributed by atoms with Gasteiger partial charge >= 0.3 is 0 Å². The molecule has 1 atom stereocenters. The van der Waals surface area contributed by atoms with Gasteiger partial charge in [-0.2, -0.15) is 0 Å². The van der Waals surface area contributed by atoms with Gasteiger partial charge in [0.15, 0.2) is 0 Å². The van der Waals surface area contributed by atoms with E-state index in [1.165, 1.54) is 12.1 Å². The van der Waals surface area contributed by atoms with E-state index >= 15 is 0 Å². The highest BCUT2D eigenvalue weighted by Crippen LogP contribution is 2.24. The number of rotatable bonds is 6. The second-order valence-electron chi connectivity index (χ2n) is 7.90. The highest BCUT2D eigenvalue weighted by molar-refractivity contribution is 7.89. The van der Waals surface area contributed by atoms with Crippen molar-refractivity contribution in [3.63, 3.8) is 0 Å². The predicted molar refractivity (Wildman–Crippen MR) is 110 cm³/mol. The van der Waals surface area contributed by atoms with Gasteiger partial charge in [0.05, 0.1) is 4.90 Å². The molecule has 1 unspecified atom stereocenters. The Bertz CT molecular complexity index is 988. The number of nitrogens with one attached hydrogen (secondary N) is 1. The van der Waals surface area contributed by atoms with Gasteiger partial charge in [-0.3, -0.25) is 4.79 Å². The van der Waals surface area contributed by atoms with Crippen LogP contribution in [0.1, 0.15) is 43.4 Å². The molecule has 5 nitrogen and oxygen atoms in total. The molecule has 1 heterocycles. The molecule has 1 N–H and O–H groups in total. The van der Waals surface area contributed by atoms with Gasteiger partial charge in [0.2, 0.25) is 15.9 Å². The third-order valence-electron chi connectivity index (χ3n) is 5.32. The van der Waals surface area contributed by atoms with Crippen molar-refractivity contribution in [2.75, 3.05) is 13.1 Å². The standard InChI is InChI=1S/C22H27FN2O3S/c1-15(2)22(26)25-11-10-18-6-9-21(12-19(18)14-25)29(27,28)24-13-16(3)17-4-7-20(23)8-5-17/h4-9,12,15-16,24H,10-11,13-14H2,1-3H3. The maximum atomic E-state index is 13.1. The van der Waals surface area contributed by atoms with Crippen molar-refractivity contribution in [3.8, 4) is 0 Å². The zero-order chi connectivity index (χ0) is 21.2. The smallest absolute Gasteiger partial charge is 0.240 e. The quantitative estimate of drug-likeness (QED) is 0.781. The van der Waals surface area contributed by atoms with Crippen molar-refractivity contribution < 1.29 is 17.6 Å². The van der Waals surface area contributed by atoms with Crippen LogP contribution in [0.25, 0.3) is 0 Å². The highest BCUT2D eigenvalue weighted by atomic mass is 32.2. The molecular formula is C22H27FN2O3S. The highest BCUT2D eigenvalue weighted by Gasteiger charge is 2.24. The minimum absolute atomic E-state index is 0.0788. The molecule has 3 rings (SSSR count). The summed E-state index contributed by atoms with van der Waals surface area (Å²) in [4.78, 5) is 14.3. The van der Waals surface area contributed by atoms with Crippen LogP contribution in [-0.4, -0.2) is 32.3 Å². The minimum Gasteiger partial charge on any atom is -0.338 e. The van der Waals surface area contributed by atoms with Gasteiger partial charge in [-0.15, -0.1) is 0 Å². The van der Waals surface area contributed by atoms with Crippen molar-refractivity contribution in [1.82, 2.24) is 9.62 Å². The van der Waals surface area contributed by atoms with Crippen molar-refractivity contribution in [3.05, 3.63) is 65.0 Å². The Morgan fingerprint density at radius 3 is 2.45 bits per heavy atom. The Morgan fingerprint density at radius 1 is 1.10 bits per heavy atom. The minimum atomic E-state index is -3.69. The van der Waals surface area contributed by atoms with E-state index in [1.807, 2.05) is 26.8 Å². The van der Waals surface area contributed by atoms with E-state index in [0.29, 0.717) is 13.1 Å². The van der Waals surface area contributed by atoms with Crippen molar-refractivity contribution >= 4 is 15.9 Å². The molecule has 29 heavy (non-hydrogen) atoms. The summed E-state index contributed by atoms with van der Waals surface area (Å²) in [5, 5.41) is 0. The summed E-state index contributed by atoms with van der Waals surface area (Å²) < 4.78 is 41.3. The van der Waals surface area contributed by atoms with Crippen LogP contribution in [0.5, 0.6) is 0 Å². The Hall–Kier alpha value is -2.25. The maximum absolute atomic E-state index is 13.1. The van der Waals surface area contributed by atoms with Crippen molar-refractivity contribution in [2.45, 2.75) is 44.6 Å². The summed E-state index contributed by atoms with van der Waals surface area (Å²) in [6.45, 7) is 6.92. The summed E-state index contributed by atoms with van der Waals surface area (Å²) >= 11 is 0. The van der Waals surface area contributed by atoms with Gasteiger partial charge in [0.25, 0.3) is 0 Å². The van der Waals surface area contributed by atoms with Crippen LogP contribution in [0.3, 0.4) is 0 Å². The normalized spacial score (nSPS) is 15.3. The number of benzene rings is 2. The summed E-state index contributed by atoms with van der Waals surface area (Å²) in [6, 6.07) is 11.2. The summed E-state index contributed by atoms with van der Waals surface area (Å²) in [5.74, 6) is -0.420. The number of amides is 1. The lowest BCUT2D eigenvalue weighted by Crippen LogP contribution is -2.38. The van der Waals surface area contributed by atoms with Crippen LogP contribution >= 0.6 is 0 Å². The van der Waals surface area contributed by atoms with Gasteiger partial charge in [-0.25, -0.2) is 17.5 Å². The van der Waals surface area contributed by atoms with Crippen LogP contribution in [0.15, 0.2) is 47.4 Å². The third kappa shape index (κ3) is 5.03. The zero-order valence-electron chi connectivity index (χ0n) is 17.0. The predicted octanol–water partition coefficient (Wildman–Crippen LogP) is 3.45. The molecule has 2 aromatic carbocycles. The number of halogens is 1. The lowest BCUT2D eigenvalue weighted by atomic mass is 9.99. The molecule has 2 aromatic rings. The number of sulfonamides is 1. The lowest BCUT2D eigenvalue weighted by molar-refractivity contribution is -0.135. The zero-order valence-corrected chi connectivity index (χ0v) is 17.8. The van der Waals surface area contributed by atoms with Gasteiger partial charge < -0.3 is 4.90 Å². The van der Waals surface area contributed by atoms with Crippen LogP contribution in [-0.2, 0) is 27.8 Å². The molecule has 7 heteroatoms. The molecule has 1 amide bonds. The van der Waals surface area contributed by atoms with Crippen LogP contribution in [0, 0.1) is 11.7 Å². The van der Waals surface area contributed by atoms with Crippen molar-refractivity contribution in [1.29, 1.82) is 0 Å². The summed E-state index contributed by atoms with van der Waals surface area (Å²) in [6.07, 6.45) is 0.725. The van der Waals surface area contributed by atoms with E-state index in [4.69, 9.17) is 0 Å². The second kappa shape index (κ2) is 8.63. The summed E-state index contributed by atoms with van der Waals surface area (Å²) in [5.41, 5.74) is 2.82. The van der Waals surface area contributed by atoms with E-state index in [9.17, 15) is 17.6 Å². The average molecular weight is 419 g/mol. The van der Waals surface area contributed by atoms with E-state index < -0.39 is 10.0 Å². The van der Waals surface area contributed by atoms with E-state index in [0.717, 1.165) is 23.1 Å². The van der Waals surface area contributed by atoms with Crippen molar-refractivity contribution in [2.24, 2.45) is 5.92 Å². The molecule has 156 valence electrons. The number of hydrogen-bond acceptors (Lipinski definition) is 3. The van der Waals surface area contributed by atoms with Crippen LogP contribution < -0.4 is 4.72 Å². The topological polar surface area (TPSA) is 66.5 Å². The first-order valence-corrected chi connectivity index (χ1v) is 11.3. The van der Waals surface area contributed by atoms with E-state index in [2.05, 4.69) is 4.72 Å². The number of fused-ring (bicyclic) bond motifs is 1. The molecule has 1 aliphatic heterocycles. The van der Waals surface area contributed by atoms with Gasteiger partial charge in [-0.1, -0.05) is 39.0 Å². The second-order valence-corrected chi connectivity index (χ2v) is 9.67. The van der Waals surface area contributed by atoms with Gasteiger partial charge in [0, 0.05) is 25.6 Å². The Kier molecular flexibility index (Phi) is 6.39. The Morgan fingerprint density at radius 2 is 1.79 bits per heavy atom. The van der Waals surface area contributed by atoms with Gasteiger partial charge in [0.1, 0.15) is 5.82 Å². The van der Waals surface area contributed by atoms with Crippen LogP contribution in [0.4, 0.5) is 4.39 Å². The first-order chi connectivity index (χ1) is 13.7. The number of carbonyl (C=O) groups excluding carboxylic acids is 1. The fraction of sp³-hybridized carbons (Fsp3) is 0.409. The Labute approximate surface area is 172 Å². The molecule has 0 saturated heterocycles. The summed E-state index contributed by atoms with van der Waals surface area (Å²) in [7, 11) is -3.69. The number of nitrogens with zero attached hydrogens (tertiary/aromatic N) is 1. The SMILES string of the molecule is CC(C)C(=O)N1CCc2ccc(S(=O)(=O)NCC(C)c3ccc(F)cc3)cc2C1. The maximum Gasteiger partial charge on any atom is 0.240 e. The van der Waals surface area contributed by atoms with Gasteiger partial charge in [-0.05, 0) is 53.3 Å². The molecule has 1 aliphatic rings. The van der Waals surface area contributed by atoms with E-state index in [-0.39, 0.29) is 35.0 Å². The number of carbonyl (C=O) groups is 1. The molecular weight excluding hydrogens is 391 g/mol. The van der Waals surface area contributed by atoms with Crippen LogP contribution in [0.2, 0.25) is 0 Å². The first-order valence-electron chi connectivity index (χ1n) is 9.83. The monoisotopic (exact) mass is 418 g/mol. The Balaban J connectivity index is 1.72. The third-order valence-corrected chi connectivity index (χ3v) is 6.75. The first kappa shape index (κ1) is 21.5. The fourth-order valence-electron chi connectivity index (χ4n) is 3.48. The van der Waals surface area contributed by atoms with E-state index in [1.54, 1.807) is 29.2 Å². The molecule has 0 radical (unpaired) electrons. The lowest BCUT2D eigenvalue weighted by Gasteiger charge is -2.30. The largest absolute Gasteiger partial charge is 0.338 e. The molecule has 0 aliphatic carbocycles. The number of hydrogen-bond donors (Lipinski definition) is 1. The molecule has 0 aromatic heterocycles.